The van der Waals surface area contributed by atoms with Crippen molar-refractivity contribution in [3.05, 3.63) is 54.1 Å². The Balaban J connectivity index is 0.00000243. The van der Waals surface area contributed by atoms with Gasteiger partial charge in [0.15, 0.2) is 11.5 Å². The molecule has 140 valence electrons. The summed E-state index contributed by atoms with van der Waals surface area (Å²) < 4.78 is 15.3. The van der Waals surface area contributed by atoms with Crippen molar-refractivity contribution in [2.75, 3.05) is 13.7 Å². The first kappa shape index (κ1) is 20.1. The molecule has 0 saturated carbocycles. The number of nitrogens with one attached hydrogen (secondary N) is 1. The lowest BCUT2D eigenvalue weighted by atomic mass is 10.3. The molecule has 0 aliphatic carbocycles. The van der Waals surface area contributed by atoms with Crippen molar-refractivity contribution < 1.29 is 9.47 Å². The third-order valence-electron chi connectivity index (χ3n) is 4.35. The molecule has 6 heteroatoms. The number of para-hydroxylation sites is 4. The molecule has 1 N–H and O–H groups in total. The number of imidazole rings is 1. The maximum atomic E-state index is 8.56. The van der Waals surface area contributed by atoms with Crippen LogP contribution in [-0.4, -0.2) is 22.9 Å². The van der Waals surface area contributed by atoms with Crippen molar-refractivity contribution >= 4 is 28.0 Å². The Morgan fingerprint density at radius 3 is 2.08 bits per heavy atom. The fourth-order valence-corrected chi connectivity index (χ4v) is 3.05. The third kappa shape index (κ3) is 4.12. The minimum Gasteiger partial charge on any atom is -0.493 e. The molecule has 0 amide bonds. The van der Waals surface area contributed by atoms with E-state index in [2.05, 4.69) is 23.6 Å². The highest BCUT2D eigenvalue weighted by molar-refractivity contribution is 8.93. The van der Waals surface area contributed by atoms with Gasteiger partial charge in [0.05, 0.1) is 24.7 Å². The molecule has 0 atom stereocenters. The number of nitrogens with zero attached hydrogens (tertiary/aromatic N) is 2. The molecule has 0 unspecified atom stereocenters. The van der Waals surface area contributed by atoms with Gasteiger partial charge >= 0.3 is 0 Å². The van der Waals surface area contributed by atoms with Gasteiger partial charge in [-0.25, -0.2) is 0 Å². The van der Waals surface area contributed by atoms with E-state index in [4.69, 9.17) is 14.9 Å². The molecule has 3 rings (SSSR count). The Bertz CT molecular complexity index is 901. The molecule has 0 spiro atoms. The number of halogens is 1. The van der Waals surface area contributed by atoms with Crippen LogP contribution in [0.5, 0.6) is 11.5 Å². The fraction of sp³-hybridized carbons (Fsp3) is 0.350. The van der Waals surface area contributed by atoms with Crippen molar-refractivity contribution in [2.24, 2.45) is 0 Å². The van der Waals surface area contributed by atoms with Gasteiger partial charge in [-0.05, 0) is 30.7 Å². The van der Waals surface area contributed by atoms with Crippen molar-refractivity contribution in [3.8, 4) is 11.5 Å². The van der Waals surface area contributed by atoms with E-state index in [9.17, 15) is 0 Å². The van der Waals surface area contributed by atoms with Gasteiger partial charge in [0, 0.05) is 6.54 Å². The second-order valence-corrected chi connectivity index (χ2v) is 5.97. The lowest BCUT2D eigenvalue weighted by Gasteiger charge is -2.11. The second-order valence-electron chi connectivity index (χ2n) is 5.97. The summed E-state index contributed by atoms with van der Waals surface area (Å²) in [6.45, 7) is 4.15. The van der Waals surface area contributed by atoms with E-state index in [0.717, 1.165) is 41.9 Å². The fourth-order valence-electron chi connectivity index (χ4n) is 3.05. The van der Waals surface area contributed by atoms with Crippen LogP contribution in [0, 0.1) is 5.41 Å². The molecule has 1 heterocycles. The predicted molar refractivity (Wildman–Crippen MR) is 110 cm³/mol. The Morgan fingerprint density at radius 2 is 1.46 bits per heavy atom. The van der Waals surface area contributed by atoms with Gasteiger partial charge in [-0.15, -0.1) is 17.0 Å². The summed E-state index contributed by atoms with van der Waals surface area (Å²) in [6.07, 6.45) is 2.19. The van der Waals surface area contributed by atoms with Gasteiger partial charge in [-0.2, -0.15) is 0 Å². The normalized spacial score (nSPS) is 10.5. The first-order valence-corrected chi connectivity index (χ1v) is 8.74. The van der Waals surface area contributed by atoms with Crippen LogP contribution < -0.4 is 15.1 Å². The van der Waals surface area contributed by atoms with Crippen molar-refractivity contribution in [3.63, 3.8) is 0 Å². The van der Waals surface area contributed by atoms with Crippen molar-refractivity contribution in [1.82, 2.24) is 9.13 Å². The summed E-state index contributed by atoms with van der Waals surface area (Å²) >= 11 is 0. The summed E-state index contributed by atoms with van der Waals surface area (Å²) in [4.78, 5) is 0. The second kappa shape index (κ2) is 9.48. The quantitative estimate of drug-likeness (QED) is 0.588. The standard InChI is InChI=1S/C20H25N3O2.BrH/c1-3-4-13-22-16-9-5-6-10-17(16)23(20(22)21)14-15-25-19-12-8-7-11-18(19)24-2;/h5-12,21H,3-4,13-15H2,1-2H3;1H. The number of rotatable bonds is 8. The van der Waals surface area contributed by atoms with Crippen LogP contribution in [0.15, 0.2) is 48.5 Å². The summed E-state index contributed by atoms with van der Waals surface area (Å²) in [7, 11) is 1.64. The Kier molecular flexibility index (Phi) is 7.33. The van der Waals surface area contributed by atoms with E-state index in [1.165, 1.54) is 0 Å². The predicted octanol–water partition coefficient (Wildman–Crippen LogP) is 4.39. The van der Waals surface area contributed by atoms with Gasteiger partial charge in [-0.1, -0.05) is 37.6 Å². The monoisotopic (exact) mass is 419 g/mol. The lowest BCUT2D eigenvalue weighted by Crippen LogP contribution is -2.26. The zero-order valence-corrected chi connectivity index (χ0v) is 17.0. The summed E-state index contributed by atoms with van der Waals surface area (Å²) in [6, 6.07) is 15.8. The van der Waals surface area contributed by atoms with Crippen LogP contribution in [0.4, 0.5) is 0 Å². The summed E-state index contributed by atoms with van der Waals surface area (Å²) in [5.41, 5.74) is 2.71. The number of aromatic nitrogens is 2. The van der Waals surface area contributed by atoms with Crippen LogP contribution in [0.25, 0.3) is 11.0 Å². The van der Waals surface area contributed by atoms with E-state index in [-0.39, 0.29) is 17.0 Å². The molecule has 2 aromatic carbocycles. The highest BCUT2D eigenvalue weighted by atomic mass is 79.9. The van der Waals surface area contributed by atoms with Crippen LogP contribution in [0.3, 0.4) is 0 Å². The first-order valence-electron chi connectivity index (χ1n) is 8.74. The molecule has 0 saturated heterocycles. The summed E-state index contributed by atoms with van der Waals surface area (Å²) in [5, 5.41) is 8.56. The van der Waals surface area contributed by atoms with Crippen LogP contribution in [0.2, 0.25) is 0 Å². The largest absolute Gasteiger partial charge is 0.493 e. The summed E-state index contributed by atoms with van der Waals surface area (Å²) in [5.74, 6) is 1.45. The number of hydrogen-bond donors (Lipinski definition) is 1. The average Bonchev–Trinajstić information content (AvgIpc) is 2.92. The number of unbranched alkanes of at least 4 members (excludes halogenated alkanes) is 1. The Morgan fingerprint density at radius 1 is 0.885 bits per heavy atom. The van der Waals surface area contributed by atoms with Gasteiger partial charge in [-0.3, -0.25) is 5.41 Å². The van der Waals surface area contributed by atoms with E-state index in [1.807, 2.05) is 41.0 Å². The third-order valence-corrected chi connectivity index (χ3v) is 4.35. The number of methoxy groups -OCH3 is 1. The van der Waals surface area contributed by atoms with Crippen LogP contribution in [-0.2, 0) is 13.1 Å². The molecule has 0 bridgehead atoms. The number of benzene rings is 2. The van der Waals surface area contributed by atoms with Gasteiger partial charge in [0.2, 0.25) is 5.62 Å². The molecule has 3 aromatic rings. The Hall–Kier alpha value is -2.21. The minimum atomic E-state index is 0. The van der Waals surface area contributed by atoms with E-state index >= 15 is 0 Å². The first-order chi connectivity index (χ1) is 12.3. The average molecular weight is 420 g/mol. The molecular weight excluding hydrogens is 394 g/mol. The zero-order chi connectivity index (χ0) is 17.6. The molecule has 26 heavy (non-hydrogen) atoms. The number of aryl methyl sites for hydroxylation is 1. The maximum Gasteiger partial charge on any atom is 0.203 e. The number of ether oxygens (including phenoxy) is 2. The molecule has 0 aliphatic heterocycles. The highest BCUT2D eigenvalue weighted by Gasteiger charge is 2.10. The van der Waals surface area contributed by atoms with Crippen molar-refractivity contribution in [2.45, 2.75) is 32.9 Å². The minimum absolute atomic E-state index is 0. The maximum absolute atomic E-state index is 8.56. The molecule has 0 fully saturated rings. The number of hydrogen-bond acceptors (Lipinski definition) is 3. The molecule has 1 aromatic heterocycles. The SMILES string of the molecule is Br.CCCCn1c(=N)n(CCOc2ccccc2OC)c2ccccc21. The van der Waals surface area contributed by atoms with Gasteiger partial charge in [0.25, 0.3) is 0 Å². The van der Waals surface area contributed by atoms with Crippen molar-refractivity contribution in [1.29, 1.82) is 5.41 Å². The topological polar surface area (TPSA) is 52.2 Å². The van der Waals surface area contributed by atoms with Crippen LogP contribution >= 0.6 is 17.0 Å². The van der Waals surface area contributed by atoms with Gasteiger partial charge < -0.3 is 18.6 Å². The van der Waals surface area contributed by atoms with E-state index in [0.29, 0.717) is 18.8 Å². The van der Waals surface area contributed by atoms with E-state index < -0.39 is 0 Å². The number of fused-ring (bicyclic) bond motifs is 1. The van der Waals surface area contributed by atoms with Gasteiger partial charge in [0.1, 0.15) is 6.61 Å². The molecule has 0 radical (unpaired) electrons. The molecule has 5 nitrogen and oxygen atoms in total. The molecular formula is C20H26BrN3O2. The Labute approximate surface area is 164 Å². The molecule has 0 aliphatic rings. The van der Waals surface area contributed by atoms with E-state index in [1.54, 1.807) is 7.11 Å². The van der Waals surface area contributed by atoms with Crippen LogP contribution in [0.1, 0.15) is 19.8 Å². The smallest absolute Gasteiger partial charge is 0.203 e. The zero-order valence-electron chi connectivity index (χ0n) is 15.3. The highest BCUT2D eigenvalue weighted by Crippen LogP contribution is 2.25. The lowest BCUT2D eigenvalue weighted by molar-refractivity contribution is 0.278.